The number of nitrogens with zero attached hydrogens (tertiary/aromatic N) is 2. The van der Waals surface area contributed by atoms with Gasteiger partial charge in [-0.25, -0.2) is 0 Å². The van der Waals surface area contributed by atoms with Crippen LogP contribution in [0.2, 0.25) is 5.02 Å². The average Bonchev–Trinajstić information content (AvgIpc) is 2.63. The van der Waals surface area contributed by atoms with Crippen LogP contribution < -0.4 is 11.1 Å². The number of nitrogens with two attached hydrogens (primary N) is 1. The van der Waals surface area contributed by atoms with Gasteiger partial charge in [0.05, 0.1) is 16.3 Å². The van der Waals surface area contributed by atoms with Crippen LogP contribution in [0.4, 0.5) is 0 Å². The molecule has 0 saturated carbocycles. The SMILES string of the molecule is CCCNC(C)(CCn1cc(Cl)c(C)n1)C(N)=O. The predicted molar refractivity (Wildman–Crippen MR) is 72.5 cm³/mol. The fourth-order valence-corrected chi connectivity index (χ4v) is 1.80. The molecule has 5 nitrogen and oxygen atoms in total. The maximum Gasteiger partial charge on any atom is 0.237 e. The summed E-state index contributed by atoms with van der Waals surface area (Å²) >= 11 is 5.93. The van der Waals surface area contributed by atoms with Crippen LogP contribution in [0, 0.1) is 6.92 Å². The molecular formula is C12H21ClN4O. The minimum atomic E-state index is -0.706. The van der Waals surface area contributed by atoms with Gasteiger partial charge in [-0.3, -0.25) is 9.48 Å². The van der Waals surface area contributed by atoms with Gasteiger partial charge < -0.3 is 11.1 Å². The first-order valence-corrected chi connectivity index (χ1v) is 6.51. The Bertz CT molecular complexity index is 399. The molecule has 102 valence electrons. The summed E-state index contributed by atoms with van der Waals surface area (Å²) in [5, 5.41) is 8.08. The van der Waals surface area contributed by atoms with Gasteiger partial charge in [-0.05, 0) is 33.2 Å². The Kier molecular flexibility index (Phi) is 5.16. The standard InChI is InChI=1S/C12H21ClN4O/c1-4-6-15-12(3,11(14)18)5-7-17-8-10(13)9(2)16-17/h8,15H,4-7H2,1-3H3,(H2,14,18). The van der Waals surface area contributed by atoms with Crippen molar-refractivity contribution in [2.24, 2.45) is 5.73 Å². The molecule has 6 heteroatoms. The Morgan fingerprint density at radius 2 is 2.33 bits per heavy atom. The lowest BCUT2D eigenvalue weighted by Gasteiger charge is -2.27. The number of aromatic nitrogens is 2. The van der Waals surface area contributed by atoms with Gasteiger partial charge in [0, 0.05) is 12.7 Å². The van der Waals surface area contributed by atoms with Crippen LogP contribution in [-0.2, 0) is 11.3 Å². The van der Waals surface area contributed by atoms with E-state index < -0.39 is 5.54 Å². The zero-order chi connectivity index (χ0) is 13.8. The molecule has 1 aromatic rings. The molecular weight excluding hydrogens is 252 g/mol. The van der Waals surface area contributed by atoms with Gasteiger partial charge in [-0.1, -0.05) is 18.5 Å². The predicted octanol–water partition coefficient (Wildman–Crippen LogP) is 1.48. The van der Waals surface area contributed by atoms with Crippen LogP contribution in [0.3, 0.4) is 0 Å². The van der Waals surface area contributed by atoms with E-state index in [9.17, 15) is 4.79 Å². The van der Waals surface area contributed by atoms with Crippen molar-refractivity contribution in [3.05, 3.63) is 16.9 Å². The van der Waals surface area contributed by atoms with Crippen molar-refractivity contribution >= 4 is 17.5 Å². The summed E-state index contributed by atoms with van der Waals surface area (Å²) in [5.74, 6) is -0.342. The second kappa shape index (κ2) is 6.20. The van der Waals surface area contributed by atoms with Gasteiger partial charge >= 0.3 is 0 Å². The highest BCUT2D eigenvalue weighted by Gasteiger charge is 2.29. The third-order valence-electron chi connectivity index (χ3n) is 3.04. The Labute approximate surface area is 113 Å². The maximum atomic E-state index is 11.5. The number of hydrogen-bond acceptors (Lipinski definition) is 3. The van der Waals surface area contributed by atoms with Crippen molar-refractivity contribution < 1.29 is 4.79 Å². The van der Waals surface area contributed by atoms with Gasteiger partial charge in [-0.15, -0.1) is 0 Å². The highest BCUT2D eigenvalue weighted by molar-refractivity contribution is 6.31. The quantitative estimate of drug-likeness (QED) is 0.790. The van der Waals surface area contributed by atoms with Crippen LogP contribution in [0.15, 0.2) is 6.20 Å². The van der Waals surface area contributed by atoms with Gasteiger partial charge in [0.1, 0.15) is 0 Å². The molecule has 0 bridgehead atoms. The number of nitrogens with one attached hydrogen (secondary N) is 1. The second-order valence-corrected chi connectivity index (χ2v) is 5.11. The summed E-state index contributed by atoms with van der Waals surface area (Å²) < 4.78 is 1.74. The normalized spacial score (nSPS) is 14.4. The van der Waals surface area contributed by atoms with E-state index in [1.54, 1.807) is 10.9 Å². The fraction of sp³-hybridized carbons (Fsp3) is 0.667. The Morgan fingerprint density at radius 3 is 2.78 bits per heavy atom. The molecule has 0 saturated heterocycles. The lowest BCUT2D eigenvalue weighted by Crippen LogP contribution is -2.53. The third kappa shape index (κ3) is 3.71. The van der Waals surface area contributed by atoms with Gasteiger partial charge in [0.25, 0.3) is 0 Å². The molecule has 1 rings (SSSR count). The molecule has 1 aromatic heterocycles. The number of amides is 1. The van der Waals surface area contributed by atoms with Gasteiger partial charge in [0.2, 0.25) is 5.91 Å². The van der Waals surface area contributed by atoms with E-state index >= 15 is 0 Å². The molecule has 0 fully saturated rings. The van der Waals surface area contributed by atoms with E-state index in [2.05, 4.69) is 10.4 Å². The summed E-state index contributed by atoms with van der Waals surface area (Å²) in [6, 6.07) is 0. The van der Waals surface area contributed by atoms with Crippen LogP contribution in [0.5, 0.6) is 0 Å². The monoisotopic (exact) mass is 272 g/mol. The lowest BCUT2D eigenvalue weighted by molar-refractivity contribution is -0.124. The minimum Gasteiger partial charge on any atom is -0.368 e. The molecule has 1 atom stereocenters. The van der Waals surface area contributed by atoms with E-state index in [-0.39, 0.29) is 5.91 Å². The minimum absolute atomic E-state index is 0.342. The topological polar surface area (TPSA) is 72.9 Å². The molecule has 0 aliphatic heterocycles. The first kappa shape index (κ1) is 15.0. The summed E-state index contributed by atoms with van der Waals surface area (Å²) in [4.78, 5) is 11.5. The molecule has 0 radical (unpaired) electrons. The number of aryl methyl sites for hydroxylation is 2. The Balaban J connectivity index is 2.64. The summed E-state index contributed by atoms with van der Waals surface area (Å²) in [5.41, 5.74) is 5.54. The highest BCUT2D eigenvalue weighted by Crippen LogP contribution is 2.15. The van der Waals surface area contributed by atoms with Crippen LogP contribution in [0.1, 0.15) is 32.4 Å². The summed E-state index contributed by atoms with van der Waals surface area (Å²) in [6.45, 7) is 7.08. The van der Waals surface area contributed by atoms with Crippen LogP contribution in [0.25, 0.3) is 0 Å². The summed E-state index contributed by atoms with van der Waals surface area (Å²) in [7, 11) is 0. The van der Waals surface area contributed by atoms with Gasteiger partial charge in [-0.2, -0.15) is 5.10 Å². The van der Waals surface area contributed by atoms with E-state index in [0.29, 0.717) is 18.0 Å². The Morgan fingerprint density at radius 1 is 1.67 bits per heavy atom. The van der Waals surface area contributed by atoms with Crippen molar-refractivity contribution in [2.45, 2.75) is 45.7 Å². The van der Waals surface area contributed by atoms with Crippen molar-refractivity contribution in [3.8, 4) is 0 Å². The van der Waals surface area contributed by atoms with E-state index in [1.165, 1.54) is 0 Å². The molecule has 0 aliphatic rings. The number of halogens is 1. The highest BCUT2D eigenvalue weighted by atomic mass is 35.5. The smallest absolute Gasteiger partial charge is 0.237 e. The van der Waals surface area contributed by atoms with Crippen molar-refractivity contribution in [1.29, 1.82) is 0 Å². The zero-order valence-electron chi connectivity index (χ0n) is 11.2. The van der Waals surface area contributed by atoms with Crippen LogP contribution in [-0.4, -0.2) is 27.8 Å². The van der Waals surface area contributed by atoms with Gasteiger partial charge in [0.15, 0.2) is 0 Å². The molecule has 1 amide bonds. The van der Waals surface area contributed by atoms with Crippen molar-refractivity contribution in [2.75, 3.05) is 6.54 Å². The second-order valence-electron chi connectivity index (χ2n) is 4.70. The molecule has 0 aromatic carbocycles. The number of rotatable bonds is 7. The number of primary amides is 1. The first-order valence-electron chi connectivity index (χ1n) is 6.13. The third-order valence-corrected chi connectivity index (χ3v) is 3.41. The lowest BCUT2D eigenvalue weighted by atomic mass is 9.97. The largest absolute Gasteiger partial charge is 0.368 e. The first-order chi connectivity index (χ1) is 8.39. The molecule has 3 N–H and O–H groups in total. The zero-order valence-corrected chi connectivity index (χ0v) is 11.9. The number of carbonyl (C=O) groups is 1. The number of carbonyl (C=O) groups excluding carboxylic acids is 1. The Hall–Kier alpha value is -1.07. The average molecular weight is 273 g/mol. The van der Waals surface area contributed by atoms with E-state index in [1.807, 2.05) is 20.8 Å². The fourth-order valence-electron chi connectivity index (χ4n) is 1.65. The molecule has 1 unspecified atom stereocenters. The van der Waals surface area contributed by atoms with Crippen molar-refractivity contribution in [3.63, 3.8) is 0 Å². The van der Waals surface area contributed by atoms with Crippen LogP contribution >= 0.6 is 11.6 Å². The molecule has 1 heterocycles. The maximum absolute atomic E-state index is 11.5. The van der Waals surface area contributed by atoms with Crippen molar-refractivity contribution in [1.82, 2.24) is 15.1 Å². The molecule has 18 heavy (non-hydrogen) atoms. The number of hydrogen-bond donors (Lipinski definition) is 2. The van der Waals surface area contributed by atoms with E-state index in [0.717, 1.165) is 18.7 Å². The van der Waals surface area contributed by atoms with E-state index in [4.69, 9.17) is 17.3 Å². The molecule has 0 aliphatic carbocycles. The molecule has 0 spiro atoms. The summed E-state index contributed by atoms with van der Waals surface area (Å²) in [6.07, 6.45) is 3.30.